The number of nitrogens with zero attached hydrogens (tertiary/aromatic N) is 1. The molecule has 1 saturated heterocycles. The summed E-state index contributed by atoms with van der Waals surface area (Å²) in [4.78, 5) is 15.6. The van der Waals surface area contributed by atoms with E-state index in [0.29, 0.717) is 0 Å². The minimum atomic E-state index is 0. The lowest BCUT2D eigenvalue weighted by Crippen LogP contribution is -3.00. The minimum absolute atomic E-state index is 0. The first-order valence-corrected chi connectivity index (χ1v) is 11.4. The van der Waals surface area contributed by atoms with E-state index in [1.54, 1.807) is 23.5 Å². The molecular weight excluding hydrogens is 497 g/mol. The number of thioether (sulfide) groups is 2. The molecule has 0 unspecified atom stereocenters. The summed E-state index contributed by atoms with van der Waals surface area (Å²) in [6.07, 6.45) is 8.24. The lowest BCUT2D eigenvalue weighted by Gasteiger charge is -2.35. The van der Waals surface area contributed by atoms with Crippen LogP contribution in [0.4, 0.5) is 0 Å². The van der Waals surface area contributed by atoms with Gasteiger partial charge in [-0.05, 0) is 60.1 Å². The smallest absolute Gasteiger partial charge is 0.196 e. The largest absolute Gasteiger partial charge is 1.00 e. The van der Waals surface area contributed by atoms with Crippen molar-refractivity contribution in [2.24, 2.45) is 0 Å². The maximum absolute atomic E-state index is 13.1. The van der Waals surface area contributed by atoms with E-state index in [1.165, 1.54) is 9.79 Å². The number of likely N-dealkylation sites (tertiary alicyclic amines) is 1. The van der Waals surface area contributed by atoms with E-state index in [0.717, 1.165) is 39.8 Å². The molecule has 148 valence electrons. The number of quaternary nitrogens is 1. The van der Waals surface area contributed by atoms with Gasteiger partial charge in [0.15, 0.2) is 5.78 Å². The summed E-state index contributed by atoms with van der Waals surface area (Å²) >= 11 is 3.45. The molecule has 2 nitrogen and oxygen atoms in total. The number of ketones is 1. The molecule has 1 aliphatic heterocycles. The summed E-state index contributed by atoms with van der Waals surface area (Å²) in [5.74, 6) is 0.176. The molecule has 28 heavy (non-hydrogen) atoms. The zero-order valence-electron chi connectivity index (χ0n) is 16.7. The third-order valence-electron chi connectivity index (χ3n) is 4.69. The lowest BCUT2D eigenvalue weighted by atomic mass is 9.93. The average molecular weight is 524 g/mol. The summed E-state index contributed by atoms with van der Waals surface area (Å²) in [7, 11) is 4.36. The molecule has 0 atom stereocenters. The Labute approximate surface area is 194 Å². The average Bonchev–Trinajstić information content (AvgIpc) is 2.66. The Bertz CT molecular complexity index is 812. The fraction of sp³-hybridized carbons (Fsp3) is 0.261. The highest BCUT2D eigenvalue weighted by atomic mass is 127. The van der Waals surface area contributed by atoms with E-state index >= 15 is 0 Å². The molecule has 0 saturated carbocycles. The van der Waals surface area contributed by atoms with E-state index in [2.05, 4.69) is 87.3 Å². The van der Waals surface area contributed by atoms with Crippen LogP contribution in [0.25, 0.3) is 12.2 Å². The Balaban J connectivity index is 0.00000280. The Kier molecular flexibility index (Phi) is 8.43. The lowest BCUT2D eigenvalue weighted by molar-refractivity contribution is -0.881. The molecule has 0 aromatic heterocycles. The molecule has 0 N–H and O–H groups in total. The molecule has 0 radical (unpaired) electrons. The predicted octanol–water partition coefficient (Wildman–Crippen LogP) is 2.26. The number of piperidine rings is 1. The number of benzene rings is 2. The van der Waals surface area contributed by atoms with Gasteiger partial charge in [0.05, 0.1) is 25.2 Å². The third-order valence-corrected chi connectivity index (χ3v) is 6.18. The molecular formula is C23H26INOS2. The highest BCUT2D eigenvalue weighted by Crippen LogP contribution is 2.26. The van der Waals surface area contributed by atoms with E-state index in [9.17, 15) is 4.79 Å². The number of hydrogen-bond donors (Lipinski definition) is 0. The minimum Gasteiger partial charge on any atom is -1.00 e. The first kappa shape index (κ1) is 23.3. The number of rotatable bonds is 4. The molecule has 1 heterocycles. The van der Waals surface area contributed by atoms with Crippen LogP contribution in [0, 0.1) is 0 Å². The fourth-order valence-corrected chi connectivity index (χ4v) is 4.17. The molecule has 0 amide bonds. The van der Waals surface area contributed by atoms with Gasteiger partial charge >= 0.3 is 0 Å². The molecule has 5 heteroatoms. The van der Waals surface area contributed by atoms with Crippen molar-refractivity contribution in [2.75, 3.05) is 39.7 Å². The number of carbonyl (C=O) groups is 1. The number of carbonyl (C=O) groups excluding carboxylic acids is 1. The highest BCUT2D eigenvalue weighted by molar-refractivity contribution is 7.98. The number of likely N-dealkylation sites (N-methyl/N-ethyl adjacent to an activating group) is 1. The van der Waals surface area contributed by atoms with Crippen molar-refractivity contribution < 1.29 is 33.3 Å². The van der Waals surface area contributed by atoms with Crippen molar-refractivity contribution in [1.82, 2.24) is 0 Å². The van der Waals surface area contributed by atoms with Gasteiger partial charge in [-0.15, -0.1) is 23.5 Å². The van der Waals surface area contributed by atoms with E-state index < -0.39 is 0 Å². The van der Waals surface area contributed by atoms with Crippen molar-refractivity contribution in [3.63, 3.8) is 0 Å². The zero-order valence-corrected chi connectivity index (χ0v) is 20.5. The van der Waals surface area contributed by atoms with Gasteiger partial charge in [0, 0.05) is 9.79 Å². The van der Waals surface area contributed by atoms with Gasteiger partial charge in [0.2, 0.25) is 0 Å². The predicted molar refractivity (Wildman–Crippen MR) is 119 cm³/mol. The van der Waals surface area contributed by atoms with E-state index in [-0.39, 0.29) is 29.8 Å². The van der Waals surface area contributed by atoms with Crippen molar-refractivity contribution in [3.05, 3.63) is 70.8 Å². The number of halogens is 1. The molecule has 1 aliphatic rings. The second-order valence-electron chi connectivity index (χ2n) is 7.47. The van der Waals surface area contributed by atoms with Crippen molar-refractivity contribution in [2.45, 2.75) is 9.79 Å². The number of Topliss-reactive ketones (excluding diaryl/α,β-unsaturated/α-hetero) is 1. The summed E-state index contributed by atoms with van der Waals surface area (Å²) < 4.78 is 0.787. The molecule has 2 aromatic carbocycles. The Morgan fingerprint density at radius 3 is 1.43 bits per heavy atom. The monoisotopic (exact) mass is 523 g/mol. The van der Waals surface area contributed by atoms with Gasteiger partial charge in [0.25, 0.3) is 0 Å². The summed E-state index contributed by atoms with van der Waals surface area (Å²) in [5.41, 5.74) is 3.94. The molecule has 1 fully saturated rings. The molecule has 2 aromatic rings. The molecule has 0 spiro atoms. The van der Waals surface area contributed by atoms with Gasteiger partial charge in [-0.2, -0.15) is 0 Å². The van der Waals surface area contributed by atoms with Gasteiger partial charge in [-0.1, -0.05) is 24.3 Å². The normalized spacial score (nSPS) is 18.9. The first-order chi connectivity index (χ1) is 12.9. The van der Waals surface area contributed by atoms with Gasteiger partial charge in [-0.3, -0.25) is 4.79 Å². The summed E-state index contributed by atoms with van der Waals surface area (Å²) in [6.45, 7) is 1.51. The maximum Gasteiger partial charge on any atom is 0.196 e. The Morgan fingerprint density at radius 1 is 0.750 bits per heavy atom. The van der Waals surface area contributed by atoms with Gasteiger partial charge in [0.1, 0.15) is 13.1 Å². The third kappa shape index (κ3) is 5.99. The SMILES string of the molecule is CSc1ccc(/C=C2/C[N+](C)(C)C/C(=C/c3ccc(SC)cc3)C2=O)cc1.[I-]. The second-order valence-corrected chi connectivity index (χ2v) is 9.23. The zero-order chi connectivity index (χ0) is 19.4. The van der Waals surface area contributed by atoms with Gasteiger partial charge in [-0.25, -0.2) is 0 Å². The summed E-state index contributed by atoms with van der Waals surface area (Å²) in [5, 5.41) is 0. The van der Waals surface area contributed by atoms with Crippen LogP contribution >= 0.6 is 23.5 Å². The van der Waals surface area contributed by atoms with Crippen LogP contribution < -0.4 is 24.0 Å². The van der Waals surface area contributed by atoms with Crippen LogP contribution in [0.15, 0.2) is 69.5 Å². The molecule has 0 bridgehead atoms. The number of hydrogen-bond acceptors (Lipinski definition) is 3. The van der Waals surface area contributed by atoms with Crippen LogP contribution in [-0.2, 0) is 4.79 Å². The van der Waals surface area contributed by atoms with E-state index in [4.69, 9.17) is 0 Å². The van der Waals surface area contributed by atoms with E-state index in [1.807, 2.05) is 0 Å². The fourth-order valence-electron chi connectivity index (χ4n) is 3.35. The quantitative estimate of drug-likeness (QED) is 0.265. The standard InChI is InChI=1S/C23H26NOS2.HI/c1-24(2)15-19(13-17-5-9-21(26-3)10-6-17)23(25)20(16-24)14-18-7-11-22(27-4)12-8-18;/h5-14H,15-16H2,1-4H3;1H/q+1;/p-1/b19-13-,20-14-;. The van der Waals surface area contributed by atoms with Crippen molar-refractivity contribution >= 4 is 41.5 Å². The summed E-state index contributed by atoms with van der Waals surface area (Å²) in [6, 6.07) is 16.8. The van der Waals surface area contributed by atoms with Gasteiger partial charge < -0.3 is 28.5 Å². The Morgan fingerprint density at radius 2 is 1.11 bits per heavy atom. The second kappa shape index (κ2) is 10.1. The topological polar surface area (TPSA) is 17.1 Å². The molecule has 3 rings (SSSR count). The van der Waals surface area contributed by atoms with Crippen molar-refractivity contribution in [1.29, 1.82) is 0 Å². The molecule has 0 aliphatic carbocycles. The van der Waals surface area contributed by atoms with Crippen LogP contribution in [0.2, 0.25) is 0 Å². The van der Waals surface area contributed by atoms with Crippen LogP contribution in [0.3, 0.4) is 0 Å². The van der Waals surface area contributed by atoms with Crippen LogP contribution in [0.1, 0.15) is 11.1 Å². The first-order valence-electron chi connectivity index (χ1n) is 8.96. The Hall–Kier alpha value is -1.02. The van der Waals surface area contributed by atoms with Crippen LogP contribution in [0.5, 0.6) is 0 Å². The van der Waals surface area contributed by atoms with Crippen LogP contribution in [-0.4, -0.2) is 50.0 Å². The maximum atomic E-state index is 13.1. The van der Waals surface area contributed by atoms with Crippen molar-refractivity contribution in [3.8, 4) is 0 Å². The highest BCUT2D eigenvalue weighted by Gasteiger charge is 2.33.